The van der Waals surface area contributed by atoms with Crippen molar-refractivity contribution in [1.29, 1.82) is 0 Å². The van der Waals surface area contributed by atoms with E-state index in [0.29, 0.717) is 0 Å². The van der Waals surface area contributed by atoms with Gasteiger partial charge < -0.3 is 5.73 Å². The summed E-state index contributed by atoms with van der Waals surface area (Å²) < 4.78 is 62.0. The van der Waals surface area contributed by atoms with Crippen LogP contribution in [0.25, 0.3) is 0 Å². The first-order valence-electron chi connectivity index (χ1n) is 5.72. The van der Waals surface area contributed by atoms with Crippen molar-refractivity contribution >= 4 is 41.5 Å². The Balaban J connectivity index is 3.12. The minimum atomic E-state index is -4.21. The number of hydrogen-bond acceptors (Lipinski definition) is 5. The lowest BCUT2D eigenvalue weighted by Gasteiger charge is -2.22. The molecule has 0 spiro atoms. The normalized spacial score (nSPS) is 13.4. The fourth-order valence-electron chi connectivity index (χ4n) is 1.23. The van der Waals surface area contributed by atoms with Gasteiger partial charge in [0.1, 0.15) is 10.7 Å². The second-order valence-corrected chi connectivity index (χ2v) is 10.4. The molecule has 0 heterocycles. The van der Waals surface area contributed by atoms with Gasteiger partial charge in [-0.3, -0.25) is 0 Å². The standard InChI is InChI=1S/C11H16BrFN2O4S2/c1-11(2,20(3,16)17)6-15-21(18,19)10-5-9(14)7(12)4-8(10)13/h4-5,15H,6,14H2,1-3H3. The lowest BCUT2D eigenvalue weighted by atomic mass is 10.2. The Bertz CT molecular complexity index is 761. The summed E-state index contributed by atoms with van der Waals surface area (Å²) in [7, 11) is -7.70. The van der Waals surface area contributed by atoms with Crippen LogP contribution in [-0.2, 0) is 19.9 Å². The molecule has 0 fully saturated rings. The minimum Gasteiger partial charge on any atom is -0.398 e. The molecule has 0 atom stereocenters. The fraction of sp³-hybridized carbons (Fsp3) is 0.455. The Morgan fingerprint density at radius 3 is 2.29 bits per heavy atom. The van der Waals surface area contributed by atoms with Crippen molar-refractivity contribution < 1.29 is 21.2 Å². The van der Waals surface area contributed by atoms with Crippen LogP contribution in [0.4, 0.5) is 10.1 Å². The summed E-state index contributed by atoms with van der Waals surface area (Å²) >= 11 is 2.98. The van der Waals surface area contributed by atoms with Crippen molar-refractivity contribution in [2.24, 2.45) is 0 Å². The number of sulfone groups is 1. The smallest absolute Gasteiger partial charge is 0.243 e. The van der Waals surface area contributed by atoms with E-state index in [4.69, 9.17) is 5.73 Å². The van der Waals surface area contributed by atoms with E-state index in [-0.39, 0.29) is 16.7 Å². The van der Waals surface area contributed by atoms with Gasteiger partial charge in [-0.1, -0.05) is 0 Å². The number of sulfonamides is 1. The maximum Gasteiger partial charge on any atom is 0.243 e. The van der Waals surface area contributed by atoms with E-state index in [1.807, 2.05) is 0 Å². The molecule has 0 saturated carbocycles. The maximum atomic E-state index is 13.8. The number of nitrogen functional groups attached to an aromatic ring is 1. The first-order chi connectivity index (χ1) is 9.28. The molecule has 0 amide bonds. The van der Waals surface area contributed by atoms with Crippen LogP contribution in [0.2, 0.25) is 0 Å². The van der Waals surface area contributed by atoms with Crippen LogP contribution in [-0.4, -0.2) is 34.4 Å². The highest BCUT2D eigenvalue weighted by Gasteiger charge is 2.32. The molecular formula is C11H16BrFN2O4S2. The maximum absolute atomic E-state index is 13.8. The number of halogens is 2. The van der Waals surface area contributed by atoms with Crippen LogP contribution in [0.15, 0.2) is 21.5 Å². The molecule has 0 aromatic heterocycles. The minimum absolute atomic E-state index is 0.0548. The number of benzene rings is 1. The molecule has 0 aliphatic heterocycles. The SMILES string of the molecule is CC(C)(CNS(=O)(=O)c1cc(N)c(Br)cc1F)S(C)(=O)=O. The molecule has 0 bridgehead atoms. The van der Waals surface area contributed by atoms with Gasteiger partial charge in [0.2, 0.25) is 10.0 Å². The van der Waals surface area contributed by atoms with E-state index in [1.54, 1.807) is 0 Å². The highest BCUT2D eigenvalue weighted by Crippen LogP contribution is 2.26. The molecule has 6 nitrogen and oxygen atoms in total. The summed E-state index contributed by atoms with van der Waals surface area (Å²) in [6.45, 7) is 2.36. The van der Waals surface area contributed by atoms with Crippen molar-refractivity contribution in [3.63, 3.8) is 0 Å². The largest absolute Gasteiger partial charge is 0.398 e. The molecule has 0 aliphatic rings. The topological polar surface area (TPSA) is 106 Å². The van der Waals surface area contributed by atoms with Gasteiger partial charge in [-0.25, -0.2) is 25.9 Å². The lowest BCUT2D eigenvalue weighted by molar-refractivity contribution is 0.531. The second kappa shape index (κ2) is 5.82. The zero-order chi connectivity index (χ0) is 16.6. The Hall–Kier alpha value is -0.710. The van der Waals surface area contributed by atoms with Gasteiger partial charge in [0.15, 0.2) is 9.84 Å². The monoisotopic (exact) mass is 402 g/mol. The summed E-state index contributed by atoms with van der Waals surface area (Å²) in [5.74, 6) is -0.985. The summed E-state index contributed by atoms with van der Waals surface area (Å²) in [5.41, 5.74) is 5.59. The third-order valence-electron chi connectivity index (χ3n) is 3.03. The quantitative estimate of drug-likeness (QED) is 0.721. The van der Waals surface area contributed by atoms with Gasteiger partial charge >= 0.3 is 0 Å². The molecule has 3 N–H and O–H groups in total. The second-order valence-electron chi connectivity index (χ2n) is 5.16. The van der Waals surface area contributed by atoms with E-state index >= 15 is 0 Å². The number of anilines is 1. The fourth-order valence-corrected chi connectivity index (χ4v) is 3.27. The number of rotatable bonds is 5. The average Bonchev–Trinajstić information content (AvgIpc) is 2.30. The van der Waals surface area contributed by atoms with Crippen molar-refractivity contribution in [1.82, 2.24) is 4.72 Å². The van der Waals surface area contributed by atoms with Gasteiger partial charge in [-0.2, -0.15) is 0 Å². The van der Waals surface area contributed by atoms with Crippen molar-refractivity contribution in [3.05, 3.63) is 22.4 Å². The van der Waals surface area contributed by atoms with E-state index < -0.39 is 35.3 Å². The molecule has 0 saturated heterocycles. The molecular weight excluding hydrogens is 387 g/mol. The number of nitrogens with one attached hydrogen (secondary N) is 1. The van der Waals surface area contributed by atoms with Crippen LogP contribution < -0.4 is 10.5 Å². The lowest BCUT2D eigenvalue weighted by Crippen LogP contribution is -2.43. The van der Waals surface area contributed by atoms with Gasteiger partial charge in [-0.05, 0) is 41.9 Å². The highest BCUT2D eigenvalue weighted by molar-refractivity contribution is 9.10. The Morgan fingerprint density at radius 2 is 1.81 bits per heavy atom. The van der Waals surface area contributed by atoms with Crippen molar-refractivity contribution in [2.45, 2.75) is 23.5 Å². The molecule has 1 aromatic carbocycles. The first-order valence-corrected chi connectivity index (χ1v) is 9.88. The summed E-state index contributed by atoms with van der Waals surface area (Å²) in [6, 6.07) is 1.90. The van der Waals surface area contributed by atoms with E-state index in [2.05, 4.69) is 20.7 Å². The molecule has 1 rings (SSSR count). The number of hydrogen-bond donors (Lipinski definition) is 2. The third kappa shape index (κ3) is 4.15. The van der Waals surface area contributed by atoms with Gasteiger partial charge in [0.25, 0.3) is 0 Å². The Kier molecular flexibility index (Phi) is 5.09. The van der Waals surface area contributed by atoms with E-state index in [1.165, 1.54) is 13.8 Å². The third-order valence-corrected chi connectivity index (χ3v) is 7.29. The molecule has 0 radical (unpaired) electrons. The zero-order valence-corrected chi connectivity index (χ0v) is 14.9. The molecule has 0 aliphatic carbocycles. The summed E-state index contributed by atoms with van der Waals surface area (Å²) in [4.78, 5) is -0.632. The Labute approximate surface area is 132 Å². The van der Waals surface area contributed by atoms with Crippen LogP contribution in [0.1, 0.15) is 13.8 Å². The van der Waals surface area contributed by atoms with Gasteiger partial charge in [-0.15, -0.1) is 0 Å². The van der Waals surface area contributed by atoms with Crippen LogP contribution in [0.3, 0.4) is 0 Å². The average molecular weight is 403 g/mol. The molecule has 1 aromatic rings. The number of nitrogens with two attached hydrogens (primary N) is 1. The van der Waals surface area contributed by atoms with Gasteiger partial charge in [0.05, 0.1) is 4.75 Å². The van der Waals surface area contributed by atoms with Crippen molar-refractivity contribution in [2.75, 3.05) is 18.5 Å². The zero-order valence-electron chi connectivity index (χ0n) is 11.6. The van der Waals surface area contributed by atoms with Crippen LogP contribution >= 0.6 is 15.9 Å². The predicted octanol–water partition coefficient (Wildman–Crippen LogP) is 1.27. The predicted molar refractivity (Wildman–Crippen MR) is 82.6 cm³/mol. The van der Waals surface area contributed by atoms with Crippen LogP contribution in [0, 0.1) is 5.82 Å². The van der Waals surface area contributed by atoms with Crippen molar-refractivity contribution in [3.8, 4) is 0 Å². The highest BCUT2D eigenvalue weighted by atomic mass is 79.9. The van der Waals surface area contributed by atoms with E-state index in [9.17, 15) is 21.2 Å². The van der Waals surface area contributed by atoms with Crippen LogP contribution in [0.5, 0.6) is 0 Å². The molecule has 21 heavy (non-hydrogen) atoms. The molecule has 120 valence electrons. The molecule has 10 heteroatoms. The molecule has 0 unspecified atom stereocenters. The van der Waals surface area contributed by atoms with E-state index in [0.717, 1.165) is 18.4 Å². The summed E-state index contributed by atoms with van der Waals surface area (Å²) in [6.07, 6.45) is 1.000. The Morgan fingerprint density at radius 1 is 1.29 bits per heavy atom. The van der Waals surface area contributed by atoms with Gasteiger partial charge in [0, 0.05) is 23.0 Å². The summed E-state index contributed by atoms with van der Waals surface area (Å²) in [5, 5.41) is 0. The first kappa shape index (κ1) is 18.3.